The van der Waals surface area contributed by atoms with Crippen LogP contribution < -0.4 is 4.74 Å². The number of hydrogen-bond donors (Lipinski definition) is 0. The molecule has 0 aliphatic carbocycles. The van der Waals surface area contributed by atoms with Crippen molar-refractivity contribution in [1.29, 1.82) is 0 Å². The van der Waals surface area contributed by atoms with Crippen molar-refractivity contribution >= 4 is 5.69 Å². The van der Waals surface area contributed by atoms with Gasteiger partial charge in [0.25, 0.3) is 5.69 Å². The van der Waals surface area contributed by atoms with Crippen LogP contribution >= 0.6 is 0 Å². The first-order valence-corrected chi connectivity index (χ1v) is 4.18. The van der Waals surface area contributed by atoms with Crippen molar-refractivity contribution in [3.8, 4) is 5.88 Å². The number of aromatic nitrogens is 1. The molecule has 16 heavy (non-hydrogen) atoms. The number of pyridine rings is 1. The van der Waals surface area contributed by atoms with Gasteiger partial charge in [-0.15, -0.1) is 0 Å². The molecule has 1 aromatic rings. The van der Waals surface area contributed by atoms with Gasteiger partial charge in [-0.25, -0.2) is 4.98 Å². The largest absolute Gasteiger partial charge is 0.477 e. The van der Waals surface area contributed by atoms with Crippen molar-refractivity contribution in [1.82, 2.24) is 4.98 Å². The third kappa shape index (κ3) is 4.11. The van der Waals surface area contributed by atoms with E-state index in [4.69, 9.17) is 0 Å². The normalized spacial score (nSPS) is 11.2. The van der Waals surface area contributed by atoms with E-state index in [0.29, 0.717) is 0 Å². The summed E-state index contributed by atoms with van der Waals surface area (Å²) in [5.74, 6) is -0.0742. The van der Waals surface area contributed by atoms with E-state index in [-0.39, 0.29) is 11.6 Å². The molecule has 88 valence electrons. The van der Waals surface area contributed by atoms with Gasteiger partial charge >= 0.3 is 6.18 Å². The van der Waals surface area contributed by atoms with E-state index in [1.54, 1.807) is 0 Å². The second-order valence-corrected chi connectivity index (χ2v) is 2.83. The number of halogens is 3. The van der Waals surface area contributed by atoms with Gasteiger partial charge in [0.1, 0.15) is 6.20 Å². The molecular formula is C8H7F3N2O3. The van der Waals surface area contributed by atoms with Crippen molar-refractivity contribution < 1.29 is 22.8 Å². The van der Waals surface area contributed by atoms with Gasteiger partial charge in [-0.2, -0.15) is 13.2 Å². The first kappa shape index (κ1) is 12.2. The number of nitrogens with zero attached hydrogens (tertiary/aromatic N) is 2. The molecule has 0 radical (unpaired) electrons. The number of nitro groups is 1. The maximum atomic E-state index is 11.7. The van der Waals surface area contributed by atoms with Gasteiger partial charge in [0.2, 0.25) is 5.88 Å². The second-order valence-electron chi connectivity index (χ2n) is 2.83. The highest BCUT2D eigenvalue weighted by Gasteiger charge is 2.26. The molecule has 0 saturated heterocycles. The van der Waals surface area contributed by atoms with Gasteiger partial charge in [-0.05, 0) is 0 Å². The predicted molar refractivity (Wildman–Crippen MR) is 47.1 cm³/mol. The zero-order valence-electron chi connectivity index (χ0n) is 7.90. The van der Waals surface area contributed by atoms with Gasteiger partial charge < -0.3 is 4.74 Å². The van der Waals surface area contributed by atoms with Gasteiger partial charge in [0.15, 0.2) is 0 Å². The Bertz CT molecular complexity index is 364. The molecule has 0 aliphatic rings. The molecule has 0 atom stereocenters. The summed E-state index contributed by atoms with van der Waals surface area (Å²) < 4.78 is 39.9. The number of ether oxygens (including phenoxy) is 1. The lowest BCUT2D eigenvalue weighted by Gasteiger charge is -2.07. The third-order valence-electron chi connectivity index (χ3n) is 1.57. The van der Waals surface area contributed by atoms with Crippen LogP contribution in [-0.4, -0.2) is 22.7 Å². The summed E-state index contributed by atoms with van der Waals surface area (Å²) in [6.07, 6.45) is -4.46. The van der Waals surface area contributed by atoms with Gasteiger partial charge in [0, 0.05) is 12.1 Å². The molecule has 8 heteroatoms. The molecule has 0 fully saturated rings. The van der Waals surface area contributed by atoms with Crippen LogP contribution in [0.1, 0.15) is 6.42 Å². The van der Waals surface area contributed by atoms with E-state index in [2.05, 4.69) is 9.72 Å². The van der Waals surface area contributed by atoms with Crippen LogP contribution in [0.5, 0.6) is 5.88 Å². The van der Waals surface area contributed by atoms with Crippen molar-refractivity contribution in [2.45, 2.75) is 12.6 Å². The van der Waals surface area contributed by atoms with Crippen LogP contribution in [0.15, 0.2) is 18.3 Å². The van der Waals surface area contributed by atoms with Crippen LogP contribution in [-0.2, 0) is 0 Å². The minimum atomic E-state index is -4.29. The molecule has 0 unspecified atom stereocenters. The molecule has 1 aromatic heterocycles. The Hall–Kier alpha value is -1.86. The van der Waals surface area contributed by atoms with E-state index in [1.165, 1.54) is 0 Å². The van der Waals surface area contributed by atoms with Crippen LogP contribution in [0.4, 0.5) is 18.9 Å². The smallest absolute Gasteiger partial charge is 0.392 e. The molecule has 0 aliphatic heterocycles. The standard InChI is InChI=1S/C8H7F3N2O3/c9-8(10,11)3-4-16-7-2-1-6(5-12-7)13(14)15/h1-2,5H,3-4H2. The average molecular weight is 236 g/mol. The lowest BCUT2D eigenvalue weighted by Crippen LogP contribution is -2.13. The van der Waals surface area contributed by atoms with Crippen molar-refractivity contribution in [3.63, 3.8) is 0 Å². The minimum absolute atomic E-state index is 0.0742. The third-order valence-corrected chi connectivity index (χ3v) is 1.57. The molecule has 0 spiro atoms. The first-order valence-electron chi connectivity index (χ1n) is 4.18. The summed E-state index contributed by atoms with van der Waals surface area (Å²) in [6.45, 7) is -0.561. The zero-order chi connectivity index (χ0) is 12.2. The highest BCUT2D eigenvalue weighted by Crippen LogP contribution is 2.20. The first-order chi connectivity index (χ1) is 7.38. The van der Waals surface area contributed by atoms with Crippen LogP contribution in [0.2, 0.25) is 0 Å². The number of rotatable bonds is 4. The van der Waals surface area contributed by atoms with E-state index in [9.17, 15) is 23.3 Å². The number of hydrogen-bond acceptors (Lipinski definition) is 4. The van der Waals surface area contributed by atoms with Crippen molar-refractivity contribution in [3.05, 3.63) is 28.4 Å². The van der Waals surface area contributed by atoms with E-state index in [0.717, 1.165) is 18.3 Å². The SMILES string of the molecule is O=[N+]([O-])c1ccc(OCCC(F)(F)F)nc1. The fourth-order valence-corrected chi connectivity index (χ4v) is 0.837. The van der Waals surface area contributed by atoms with E-state index < -0.39 is 24.1 Å². The average Bonchev–Trinajstić information content (AvgIpc) is 2.16. The summed E-state index contributed by atoms with van der Waals surface area (Å²) in [7, 11) is 0. The fraction of sp³-hybridized carbons (Fsp3) is 0.375. The van der Waals surface area contributed by atoms with Gasteiger partial charge in [-0.1, -0.05) is 0 Å². The molecule has 5 nitrogen and oxygen atoms in total. The monoisotopic (exact) mass is 236 g/mol. The Balaban J connectivity index is 2.47. The molecule has 0 aromatic carbocycles. The van der Waals surface area contributed by atoms with Gasteiger partial charge in [0.05, 0.1) is 18.0 Å². The van der Waals surface area contributed by atoms with Crippen molar-refractivity contribution in [2.75, 3.05) is 6.61 Å². The quantitative estimate of drug-likeness (QED) is 0.594. The lowest BCUT2D eigenvalue weighted by molar-refractivity contribution is -0.385. The zero-order valence-corrected chi connectivity index (χ0v) is 7.90. The van der Waals surface area contributed by atoms with Crippen LogP contribution in [0, 0.1) is 10.1 Å². The second kappa shape index (κ2) is 4.77. The summed E-state index contributed by atoms with van der Waals surface area (Å²) in [6, 6.07) is 2.25. The lowest BCUT2D eigenvalue weighted by atomic mass is 10.4. The molecule has 0 N–H and O–H groups in total. The molecule has 0 bridgehead atoms. The Morgan fingerprint density at radius 3 is 2.56 bits per heavy atom. The molecule has 0 amide bonds. The topological polar surface area (TPSA) is 65.3 Å². The Labute approximate surface area is 88.0 Å². The number of alkyl halides is 3. The maximum Gasteiger partial charge on any atom is 0.392 e. The Kier molecular flexibility index (Phi) is 3.64. The van der Waals surface area contributed by atoms with Crippen LogP contribution in [0.25, 0.3) is 0 Å². The Morgan fingerprint density at radius 1 is 1.44 bits per heavy atom. The minimum Gasteiger partial charge on any atom is -0.477 e. The highest BCUT2D eigenvalue weighted by atomic mass is 19.4. The summed E-state index contributed by atoms with van der Waals surface area (Å²) in [5.41, 5.74) is -0.247. The molecule has 1 rings (SSSR count). The van der Waals surface area contributed by atoms with Crippen molar-refractivity contribution in [2.24, 2.45) is 0 Å². The fourth-order valence-electron chi connectivity index (χ4n) is 0.837. The maximum absolute atomic E-state index is 11.7. The molecular weight excluding hydrogens is 229 g/mol. The van der Waals surface area contributed by atoms with E-state index >= 15 is 0 Å². The summed E-state index contributed by atoms with van der Waals surface area (Å²) in [4.78, 5) is 13.1. The summed E-state index contributed by atoms with van der Waals surface area (Å²) in [5, 5.41) is 10.2. The Morgan fingerprint density at radius 2 is 2.12 bits per heavy atom. The molecule has 1 heterocycles. The summed E-state index contributed by atoms with van der Waals surface area (Å²) >= 11 is 0. The van der Waals surface area contributed by atoms with Crippen LogP contribution in [0.3, 0.4) is 0 Å². The van der Waals surface area contributed by atoms with Gasteiger partial charge in [-0.3, -0.25) is 10.1 Å². The molecule has 0 saturated carbocycles. The van der Waals surface area contributed by atoms with E-state index in [1.807, 2.05) is 0 Å². The highest BCUT2D eigenvalue weighted by molar-refractivity contribution is 5.28. The predicted octanol–water partition coefficient (Wildman–Crippen LogP) is 2.32.